The Morgan fingerprint density at radius 3 is 2.35 bits per heavy atom. The van der Waals surface area contributed by atoms with Crippen molar-refractivity contribution in [3.63, 3.8) is 0 Å². The molecule has 0 atom stereocenters. The number of halogens is 2. The van der Waals surface area contributed by atoms with E-state index in [2.05, 4.69) is 10.2 Å². The van der Waals surface area contributed by atoms with Crippen LogP contribution >= 0.6 is 0 Å². The lowest BCUT2D eigenvalue weighted by Crippen LogP contribution is -2.35. The van der Waals surface area contributed by atoms with E-state index in [-0.39, 0.29) is 0 Å². The Balaban J connectivity index is 1.82. The second-order valence-electron chi connectivity index (χ2n) is 5.33. The summed E-state index contributed by atoms with van der Waals surface area (Å²) in [4.78, 5) is 2.36. The molecule has 1 aromatic rings. The number of aliphatic hydroxyl groups excluding tert-OH is 1. The zero-order chi connectivity index (χ0) is 14.4. The summed E-state index contributed by atoms with van der Waals surface area (Å²) in [6.45, 7) is 0.960. The molecule has 0 radical (unpaired) electrons. The number of aliphatic hydroxyl groups is 1. The van der Waals surface area contributed by atoms with Gasteiger partial charge >= 0.3 is 0 Å². The Kier molecular flexibility index (Phi) is 5.31. The third-order valence-electron chi connectivity index (χ3n) is 3.60. The highest BCUT2D eigenvalue weighted by molar-refractivity contribution is 5.47. The van der Waals surface area contributed by atoms with Gasteiger partial charge in [0.05, 0.1) is 6.54 Å². The molecule has 5 heteroatoms. The van der Waals surface area contributed by atoms with Crippen LogP contribution in [0.3, 0.4) is 0 Å². The van der Waals surface area contributed by atoms with Crippen LogP contribution in [0.2, 0.25) is 0 Å². The fourth-order valence-corrected chi connectivity index (χ4v) is 2.42. The van der Waals surface area contributed by atoms with Crippen molar-refractivity contribution < 1.29 is 13.9 Å². The van der Waals surface area contributed by atoms with E-state index in [0.717, 1.165) is 18.7 Å². The van der Waals surface area contributed by atoms with Crippen molar-refractivity contribution in [3.05, 3.63) is 29.8 Å². The predicted molar refractivity (Wildman–Crippen MR) is 76.2 cm³/mol. The molecule has 0 saturated carbocycles. The van der Waals surface area contributed by atoms with Crippen molar-refractivity contribution >= 4 is 5.69 Å². The standard InChI is InChI=1S/C15H22F2N2O/c16-15(17,12-20)11-18-10-13-4-6-14(7-5-13)19-8-2-1-3-9-19/h4-7,18,20H,1-3,8-12H2. The van der Waals surface area contributed by atoms with Crippen molar-refractivity contribution in [1.29, 1.82) is 0 Å². The number of alkyl halides is 2. The van der Waals surface area contributed by atoms with E-state index in [1.165, 1.54) is 24.9 Å². The zero-order valence-corrected chi connectivity index (χ0v) is 11.6. The maximum atomic E-state index is 12.8. The monoisotopic (exact) mass is 284 g/mol. The molecule has 112 valence electrons. The Bertz CT molecular complexity index is 403. The molecule has 2 rings (SSSR count). The smallest absolute Gasteiger partial charge is 0.282 e. The molecule has 1 aliphatic rings. The summed E-state index contributed by atoms with van der Waals surface area (Å²) in [5, 5.41) is 11.1. The van der Waals surface area contributed by atoms with Gasteiger partial charge in [0.15, 0.2) is 0 Å². The summed E-state index contributed by atoms with van der Waals surface area (Å²) in [6.07, 6.45) is 3.77. The van der Waals surface area contributed by atoms with Gasteiger partial charge in [-0.1, -0.05) is 12.1 Å². The van der Waals surface area contributed by atoms with Crippen LogP contribution in [0.15, 0.2) is 24.3 Å². The van der Waals surface area contributed by atoms with Gasteiger partial charge < -0.3 is 15.3 Å². The molecule has 1 fully saturated rings. The summed E-state index contributed by atoms with van der Waals surface area (Å²) in [7, 11) is 0. The fraction of sp³-hybridized carbons (Fsp3) is 0.600. The first-order chi connectivity index (χ1) is 9.61. The van der Waals surface area contributed by atoms with Crippen molar-refractivity contribution in [3.8, 4) is 0 Å². The molecule has 0 amide bonds. The lowest BCUT2D eigenvalue weighted by atomic mass is 10.1. The van der Waals surface area contributed by atoms with Crippen LogP contribution in [0.1, 0.15) is 24.8 Å². The Morgan fingerprint density at radius 2 is 1.75 bits per heavy atom. The van der Waals surface area contributed by atoms with Crippen molar-refractivity contribution in [1.82, 2.24) is 5.32 Å². The Hall–Kier alpha value is -1.20. The molecule has 1 aromatic carbocycles. The summed E-state index contributed by atoms with van der Waals surface area (Å²) in [5.41, 5.74) is 2.17. The first-order valence-corrected chi connectivity index (χ1v) is 7.14. The van der Waals surface area contributed by atoms with E-state index in [1.54, 1.807) is 0 Å². The van der Waals surface area contributed by atoms with Crippen molar-refractivity contribution in [2.75, 3.05) is 31.1 Å². The van der Waals surface area contributed by atoms with Crippen molar-refractivity contribution in [2.24, 2.45) is 0 Å². The summed E-state index contributed by atoms with van der Waals surface area (Å²) >= 11 is 0. The van der Waals surface area contributed by atoms with Crippen LogP contribution in [-0.4, -0.2) is 37.3 Å². The highest BCUT2D eigenvalue weighted by atomic mass is 19.3. The van der Waals surface area contributed by atoms with E-state index < -0.39 is 19.1 Å². The molecule has 20 heavy (non-hydrogen) atoms. The second-order valence-corrected chi connectivity index (χ2v) is 5.33. The van der Waals surface area contributed by atoms with Gasteiger partial charge in [-0.3, -0.25) is 0 Å². The minimum atomic E-state index is -3.05. The second kappa shape index (κ2) is 6.99. The molecule has 1 saturated heterocycles. The number of rotatable bonds is 6. The van der Waals surface area contributed by atoms with E-state index in [1.807, 2.05) is 24.3 Å². The van der Waals surface area contributed by atoms with E-state index >= 15 is 0 Å². The highest BCUT2D eigenvalue weighted by Gasteiger charge is 2.26. The van der Waals surface area contributed by atoms with Gasteiger partial charge in [0.2, 0.25) is 0 Å². The molecular weight excluding hydrogens is 262 g/mol. The third kappa shape index (κ3) is 4.42. The topological polar surface area (TPSA) is 35.5 Å². The number of nitrogens with zero attached hydrogens (tertiary/aromatic N) is 1. The van der Waals surface area contributed by atoms with Crippen LogP contribution in [0, 0.1) is 0 Å². The van der Waals surface area contributed by atoms with Crippen LogP contribution in [0.4, 0.5) is 14.5 Å². The van der Waals surface area contributed by atoms with Gasteiger partial charge in [-0.2, -0.15) is 0 Å². The van der Waals surface area contributed by atoms with Crippen LogP contribution in [-0.2, 0) is 6.54 Å². The number of nitrogens with one attached hydrogen (secondary N) is 1. The molecule has 0 unspecified atom stereocenters. The molecule has 0 aliphatic carbocycles. The SMILES string of the molecule is OCC(F)(F)CNCc1ccc(N2CCCCC2)cc1. The number of hydrogen-bond acceptors (Lipinski definition) is 3. The minimum absolute atomic E-state index is 0.385. The van der Waals surface area contributed by atoms with Crippen LogP contribution in [0.5, 0.6) is 0 Å². The summed E-state index contributed by atoms with van der Waals surface area (Å²) < 4.78 is 25.7. The lowest BCUT2D eigenvalue weighted by molar-refractivity contribution is -0.0477. The molecule has 0 spiro atoms. The molecule has 1 heterocycles. The molecule has 0 bridgehead atoms. The van der Waals surface area contributed by atoms with Crippen LogP contribution < -0.4 is 10.2 Å². The molecule has 0 aromatic heterocycles. The van der Waals surface area contributed by atoms with Gasteiger partial charge in [0, 0.05) is 25.3 Å². The van der Waals surface area contributed by atoms with Gasteiger partial charge in [0.1, 0.15) is 6.61 Å². The van der Waals surface area contributed by atoms with Gasteiger partial charge in [-0.05, 0) is 37.0 Å². The normalized spacial score (nSPS) is 16.4. The Labute approximate surface area is 118 Å². The van der Waals surface area contributed by atoms with E-state index in [0.29, 0.717) is 6.54 Å². The minimum Gasteiger partial charge on any atom is -0.390 e. The maximum Gasteiger partial charge on any atom is 0.282 e. The van der Waals surface area contributed by atoms with Crippen molar-refractivity contribution in [2.45, 2.75) is 31.7 Å². The molecule has 1 aliphatic heterocycles. The predicted octanol–water partition coefficient (Wildman–Crippen LogP) is 2.39. The quantitative estimate of drug-likeness (QED) is 0.842. The largest absolute Gasteiger partial charge is 0.390 e. The number of anilines is 1. The summed E-state index contributed by atoms with van der Waals surface area (Å²) in [6, 6.07) is 8.03. The molecule has 2 N–H and O–H groups in total. The number of piperidine rings is 1. The molecular formula is C15H22F2N2O. The van der Waals surface area contributed by atoms with Gasteiger partial charge in [-0.15, -0.1) is 0 Å². The average molecular weight is 284 g/mol. The molecule has 3 nitrogen and oxygen atoms in total. The number of hydrogen-bond donors (Lipinski definition) is 2. The average Bonchev–Trinajstić information content (AvgIpc) is 2.49. The fourth-order valence-electron chi connectivity index (χ4n) is 2.42. The lowest BCUT2D eigenvalue weighted by Gasteiger charge is -2.28. The van der Waals surface area contributed by atoms with Crippen LogP contribution in [0.25, 0.3) is 0 Å². The zero-order valence-electron chi connectivity index (χ0n) is 11.6. The first-order valence-electron chi connectivity index (χ1n) is 7.14. The number of benzene rings is 1. The third-order valence-corrected chi connectivity index (χ3v) is 3.60. The Morgan fingerprint density at radius 1 is 1.10 bits per heavy atom. The maximum absolute atomic E-state index is 12.8. The van der Waals surface area contributed by atoms with E-state index in [4.69, 9.17) is 5.11 Å². The van der Waals surface area contributed by atoms with Gasteiger partial charge in [-0.25, -0.2) is 8.78 Å². The summed E-state index contributed by atoms with van der Waals surface area (Å²) in [5.74, 6) is -3.05. The van der Waals surface area contributed by atoms with Gasteiger partial charge in [0.25, 0.3) is 5.92 Å². The highest BCUT2D eigenvalue weighted by Crippen LogP contribution is 2.20. The first kappa shape index (κ1) is 15.2. The van der Waals surface area contributed by atoms with E-state index in [9.17, 15) is 8.78 Å².